The molecular weight excluding hydrogens is 154 g/mol. The van der Waals surface area contributed by atoms with Crippen molar-refractivity contribution in [3.63, 3.8) is 0 Å². The van der Waals surface area contributed by atoms with E-state index in [-0.39, 0.29) is 0 Å². The Kier molecular flexibility index (Phi) is 3.72. The van der Waals surface area contributed by atoms with Gasteiger partial charge < -0.3 is 0 Å². The molecular formula is C5H6BrN. The molecule has 0 N–H and O–H groups in total. The van der Waals surface area contributed by atoms with Crippen LogP contribution in [0.1, 0.15) is 6.92 Å². The van der Waals surface area contributed by atoms with Gasteiger partial charge in [-0.05, 0) is 6.92 Å². The Morgan fingerprint density at radius 2 is 2.43 bits per heavy atom. The fourth-order valence-corrected chi connectivity index (χ4v) is 0.328. The molecule has 0 amide bonds. The average Bonchev–Trinajstić information content (AvgIpc) is 1.61. The van der Waals surface area contributed by atoms with Gasteiger partial charge in [0.15, 0.2) is 0 Å². The van der Waals surface area contributed by atoms with Crippen molar-refractivity contribution >= 4 is 15.9 Å². The molecule has 0 aromatic carbocycles. The zero-order chi connectivity index (χ0) is 5.70. The third-order valence-corrected chi connectivity index (χ3v) is 0.741. The summed E-state index contributed by atoms with van der Waals surface area (Å²) < 4.78 is 0. The Labute approximate surface area is 51.8 Å². The summed E-state index contributed by atoms with van der Waals surface area (Å²) in [4.78, 5) is 0.312. The molecule has 7 heavy (non-hydrogen) atoms. The van der Waals surface area contributed by atoms with Gasteiger partial charge in [0.05, 0.1) is 6.07 Å². The van der Waals surface area contributed by atoms with Crippen LogP contribution in [0.5, 0.6) is 0 Å². The molecule has 0 radical (unpaired) electrons. The van der Waals surface area contributed by atoms with Crippen molar-refractivity contribution in [1.29, 1.82) is 5.26 Å². The van der Waals surface area contributed by atoms with E-state index in [0.29, 0.717) is 4.83 Å². The monoisotopic (exact) mass is 159 g/mol. The Hall–Kier alpha value is -0.290. The van der Waals surface area contributed by atoms with E-state index in [1.165, 1.54) is 6.08 Å². The van der Waals surface area contributed by atoms with Crippen LogP contribution in [-0.2, 0) is 0 Å². The van der Waals surface area contributed by atoms with Crippen LogP contribution in [0.2, 0.25) is 0 Å². The van der Waals surface area contributed by atoms with E-state index < -0.39 is 0 Å². The highest BCUT2D eigenvalue weighted by molar-refractivity contribution is 9.09. The van der Waals surface area contributed by atoms with Crippen molar-refractivity contribution in [2.24, 2.45) is 0 Å². The maximum atomic E-state index is 7.96. The molecule has 0 bridgehead atoms. The highest BCUT2D eigenvalue weighted by atomic mass is 79.9. The fraction of sp³-hybridized carbons (Fsp3) is 0.400. The zero-order valence-corrected chi connectivity index (χ0v) is 5.64. The molecule has 0 aliphatic rings. The maximum absolute atomic E-state index is 7.96. The van der Waals surface area contributed by atoms with Crippen LogP contribution in [0.3, 0.4) is 0 Å². The molecule has 0 aliphatic heterocycles. The first kappa shape index (κ1) is 6.71. The summed E-state index contributed by atoms with van der Waals surface area (Å²) >= 11 is 3.24. The van der Waals surface area contributed by atoms with Crippen LogP contribution in [0.4, 0.5) is 0 Å². The van der Waals surface area contributed by atoms with E-state index in [1.54, 1.807) is 6.08 Å². The lowest BCUT2D eigenvalue weighted by molar-refractivity contribution is 1.27. The number of nitriles is 1. The fourth-order valence-electron chi connectivity index (χ4n) is 0.176. The van der Waals surface area contributed by atoms with Gasteiger partial charge in [0.1, 0.15) is 0 Å². The van der Waals surface area contributed by atoms with Gasteiger partial charge in [-0.3, -0.25) is 0 Å². The summed E-state index contributed by atoms with van der Waals surface area (Å²) in [5, 5.41) is 7.96. The lowest BCUT2D eigenvalue weighted by Gasteiger charge is -1.83. The van der Waals surface area contributed by atoms with E-state index in [9.17, 15) is 0 Å². The van der Waals surface area contributed by atoms with Crippen molar-refractivity contribution in [3.05, 3.63) is 12.2 Å². The SMILES string of the molecule is CC(Br)/C=C/C#N. The topological polar surface area (TPSA) is 23.8 Å². The van der Waals surface area contributed by atoms with Crippen molar-refractivity contribution in [2.45, 2.75) is 11.8 Å². The molecule has 0 aromatic rings. The van der Waals surface area contributed by atoms with Crippen molar-refractivity contribution in [1.82, 2.24) is 0 Å². The zero-order valence-electron chi connectivity index (χ0n) is 4.06. The lowest BCUT2D eigenvalue weighted by atomic mass is 10.4. The summed E-state index contributed by atoms with van der Waals surface area (Å²) in [5.74, 6) is 0. The molecule has 1 nitrogen and oxygen atoms in total. The second-order valence-corrected chi connectivity index (χ2v) is 2.61. The molecule has 0 aromatic heterocycles. The minimum absolute atomic E-state index is 0.312. The first-order chi connectivity index (χ1) is 3.27. The van der Waals surface area contributed by atoms with Crippen LogP contribution < -0.4 is 0 Å². The first-order valence-electron chi connectivity index (χ1n) is 1.97. The molecule has 0 saturated carbocycles. The van der Waals surface area contributed by atoms with Gasteiger partial charge in [0.2, 0.25) is 0 Å². The Balaban J connectivity index is 3.31. The second kappa shape index (κ2) is 3.89. The molecule has 38 valence electrons. The minimum atomic E-state index is 0.312. The highest BCUT2D eigenvalue weighted by Crippen LogP contribution is 1.96. The number of rotatable bonds is 1. The number of allylic oxidation sites excluding steroid dienone is 2. The van der Waals surface area contributed by atoms with E-state index in [4.69, 9.17) is 5.26 Å². The van der Waals surface area contributed by atoms with Gasteiger partial charge in [-0.2, -0.15) is 5.26 Å². The predicted molar refractivity (Wildman–Crippen MR) is 33.1 cm³/mol. The molecule has 0 aliphatic carbocycles. The highest BCUT2D eigenvalue weighted by Gasteiger charge is 1.80. The number of nitrogens with zero attached hydrogens (tertiary/aromatic N) is 1. The number of hydrogen-bond donors (Lipinski definition) is 0. The molecule has 1 unspecified atom stereocenters. The number of hydrogen-bond acceptors (Lipinski definition) is 1. The minimum Gasteiger partial charge on any atom is -0.193 e. The van der Waals surface area contributed by atoms with Crippen molar-refractivity contribution < 1.29 is 0 Å². The smallest absolute Gasteiger partial charge is 0.0909 e. The standard InChI is InChI=1S/C5H6BrN/c1-5(6)3-2-4-7/h2-3,5H,1H3/b3-2+. The van der Waals surface area contributed by atoms with Crippen LogP contribution in [0, 0.1) is 11.3 Å². The van der Waals surface area contributed by atoms with Crippen LogP contribution >= 0.6 is 15.9 Å². The summed E-state index contributed by atoms with van der Waals surface area (Å²) in [6.45, 7) is 1.95. The number of halogens is 1. The summed E-state index contributed by atoms with van der Waals surface area (Å²) in [7, 11) is 0. The molecule has 0 heterocycles. The molecule has 2 heteroatoms. The van der Waals surface area contributed by atoms with Gasteiger partial charge in [-0.15, -0.1) is 0 Å². The second-order valence-electron chi connectivity index (χ2n) is 1.17. The molecule has 0 fully saturated rings. The molecule has 0 saturated heterocycles. The molecule has 0 rings (SSSR count). The van der Waals surface area contributed by atoms with Gasteiger partial charge in [-0.25, -0.2) is 0 Å². The van der Waals surface area contributed by atoms with Crippen LogP contribution in [0.25, 0.3) is 0 Å². The van der Waals surface area contributed by atoms with E-state index in [2.05, 4.69) is 15.9 Å². The Morgan fingerprint density at radius 1 is 1.86 bits per heavy atom. The summed E-state index contributed by atoms with van der Waals surface area (Å²) in [5.41, 5.74) is 0. The largest absolute Gasteiger partial charge is 0.193 e. The quantitative estimate of drug-likeness (QED) is 0.424. The summed E-state index contributed by atoms with van der Waals surface area (Å²) in [6.07, 6.45) is 3.24. The third kappa shape index (κ3) is 5.71. The normalized spacial score (nSPS) is 13.9. The van der Waals surface area contributed by atoms with Crippen molar-refractivity contribution in [2.75, 3.05) is 0 Å². The number of alkyl halides is 1. The van der Waals surface area contributed by atoms with E-state index in [1.807, 2.05) is 13.0 Å². The molecule has 1 atom stereocenters. The third-order valence-electron chi connectivity index (χ3n) is 0.436. The van der Waals surface area contributed by atoms with Gasteiger partial charge >= 0.3 is 0 Å². The molecule has 0 spiro atoms. The summed E-state index contributed by atoms with van der Waals surface area (Å²) in [6, 6.07) is 1.89. The van der Waals surface area contributed by atoms with Gasteiger partial charge in [0, 0.05) is 10.9 Å². The van der Waals surface area contributed by atoms with Crippen LogP contribution in [0.15, 0.2) is 12.2 Å². The van der Waals surface area contributed by atoms with Crippen LogP contribution in [-0.4, -0.2) is 4.83 Å². The van der Waals surface area contributed by atoms with E-state index >= 15 is 0 Å². The van der Waals surface area contributed by atoms with E-state index in [0.717, 1.165) is 0 Å². The first-order valence-corrected chi connectivity index (χ1v) is 2.89. The maximum Gasteiger partial charge on any atom is 0.0909 e. The van der Waals surface area contributed by atoms with Gasteiger partial charge in [0.25, 0.3) is 0 Å². The lowest BCUT2D eigenvalue weighted by Crippen LogP contribution is -1.76. The Morgan fingerprint density at radius 3 is 2.57 bits per heavy atom. The van der Waals surface area contributed by atoms with Crippen molar-refractivity contribution in [3.8, 4) is 6.07 Å². The Bertz CT molecular complexity index is 99.1. The van der Waals surface area contributed by atoms with Gasteiger partial charge in [-0.1, -0.05) is 22.0 Å². The average molecular weight is 160 g/mol. The predicted octanol–water partition coefficient (Wildman–Crippen LogP) is 1.85.